The van der Waals surface area contributed by atoms with Gasteiger partial charge in [-0.1, -0.05) is 97.1 Å². The predicted molar refractivity (Wildman–Crippen MR) is 155 cm³/mol. The summed E-state index contributed by atoms with van der Waals surface area (Å²) in [7, 11) is 0. The first-order valence-electron chi connectivity index (χ1n) is 13.1. The van der Waals surface area contributed by atoms with Gasteiger partial charge in [-0.3, -0.25) is 4.79 Å². The number of carbonyl (C=O) groups is 2. The lowest BCUT2D eigenvalue weighted by Crippen LogP contribution is -2.55. The molecule has 0 saturated heterocycles. The molecular formula is C34H31NO4. The number of amides is 1. The smallest absolute Gasteiger partial charge is 0.329 e. The average Bonchev–Trinajstić information content (AvgIpc) is 2.94. The van der Waals surface area contributed by atoms with E-state index >= 15 is 0 Å². The normalized spacial score (nSPS) is 12.9. The van der Waals surface area contributed by atoms with Crippen LogP contribution in [-0.2, 0) is 28.9 Å². The van der Waals surface area contributed by atoms with Crippen LogP contribution in [0.15, 0.2) is 109 Å². The number of nitrogens with one attached hydrogen (secondary N) is 1. The minimum absolute atomic E-state index is 0.0869. The molecule has 5 rings (SSSR count). The van der Waals surface area contributed by atoms with Crippen LogP contribution in [-0.4, -0.2) is 27.6 Å². The second-order valence-corrected chi connectivity index (χ2v) is 10.4. The molecule has 1 unspecified atom stereocenters. The molecule has 3 N–H and O–H groups in total. The zero-order valence-electron chi connectivity index (χ0n) is 21.8. The fourth-order valence-corrected chi connectivity index (χ4v) is 5.30. The molecule has 1 atom stereocenters. The number of carboxylic acid groups (broad SMARTS) is 1. The molecule has 196 valence electrons. The van der Waals surface area contributed by atoms with Crippen molar-refractivity contribution in [3.63, 3.8) is 0 Å². The highest BCUT2D eigenvalue weighted by Crippen LogP contribution is 2.27. The molecule has 1 amide bonds. The molecule has 0 bridgehead atoms. The second kappa shape index (κ2) is 11.0. The highest BCUT2D eigenvalue weighted by molar-refractivity contribution is 5.91. The molecule has 0 fully saturated rings. The van der Waals surface area contributed by atoms with Crippen LogP contribution in [0, 0.1) is 5.92 Å². The number of hydrogen-bond donors (Lipinski definition) is 3. The van der Waals surface area contributed by atoms with E-state index in [2.05, 4.69) is 41.7 Å². The van der Waals surface area contributed by atoms with Crippen molar-refractivity contribution in [1.29, 1.82) is 0 Å². The van der Waals surface area contributed by atoms with Gasteiger partial charge < -0.3 is 15.5 Å². The van der Waals surface area contributed by atoms with Gasteiger partial charge in [0, 0.05) is 12.3 Å². The quantitative estimate of drug-likeness (QED) is 0.214. The maximum Gasteiger partial charge on any atom is 0.329 e. The Morgan fingerprint density at radius 1 is 0.718 bits per heavy atom. The van der Waals surface area contributed by atoms with Crippen LogP contribution in [0.2, 0.25) is 0 Å². The fourth-order valence-electron chi connectivity index (χ4n) is 5.30. The van der Waals surface area contributed by atoms with Crippen molar-refractivity contribution in [2.75, 3.05) is 0 Å². The molecule has 0 aliphatic heterocycles. The van der Waals surface area contributed by atoms with Gasteiger partial charge in [0.05, 0.1) is 0 Å². The van der Waals surface area contributed by atoms with E-state index in [0.29, 0.717) is 18.4 Å². The van der Waals surface area contributed by atoms with Crippen LogP contribution in [0.5, 0.6) is 5.75 Å². The van der Waals surface area contributed by atoms with Gasteiger partial charge in [-0.15, -0.1) is 0 Å². The number of phenols is 1. The molecule has 5 heteroatoms. The number of benzene rings is 5. The van der Waals surface area contributed by atoms with Crippen molar-refractivity contribution in [3.8, 4) is 5.75 Å². The first-order valence-corrected chi connectivity index (χ1v) is 13.1. The van der Waals surface area contributed by atoms with Gasteiger partial charge in [0.15, 0.2) is 0 Å². The van der Waals surface area contributed by atoms with E-state index in [0.717, 1.165) is 32.7 Å². The number of phenolic OH excluding ortho intramolecular Hbond substituents is 1. The van der Waals surface area contributed by atoms with Crippen LogP contribution in [0.4, 0.5) is 0 Å². The standard InChI is InChI=1S/C34H31NO4/c1-34(33(38)39,22-23-16-18-29(36)19-17-23)35-32(37)28(20-26-12-6-10-24-8-2-4-14-30(24)26)21-27-13-7-11-25-9-3-5-15-31(25)27/h2-19,28,36H,20-22H2,1H3,(H,35,37)(H,38,39). The molecule has 0 radical (unpaired) electrons. The third-order valence-corrected chi connectivity index (χ3v) is 7.43. The summed E-state index contributed by atoms with van der Waals surface area (Å²) in [6.07, 6.45) is 1.01. The third kappa shape index (κ3) is 5.78. The van der Waals surface area contributed by atoms with Crippen LogP contribution in [0.25, 0.3) is 21.5 Å². The summed E-state index contributed by atoms with van der Waals surface area (Å²) >= 11 is 0. The van der Waals surface area contributed by atoms with Crippen molar-refractivity contribution in [1.82, 2.24) is 5.32 Å². The molecule has 5 nitrogen and oxygen atoms in total. The maximum atomic E-state index is 14.0. The van der Waals surface area contributed by atoms with Gasteiger partial charge >= 0.3 is 5.97 Å². The van der Waals surface area contributed by atoms with E-state index in [4.69, 9.17) is 0 Å². The lowest BCUT2D eigenvalue weighted by atomic mass is 9.86. The Kier molecular flexibility index (Phi) is 7.33. The Bertz CT molecular complexity index is 1550. The van der Waals surface area contributed by atoms with Gasteiger partial charge in [0.1, 0.15) is 11.3 Å². The van der Waals surface area contributed by atoms with Crippen LogP contribution < -0.4 is 5.32 Å². The molecule has 5 aromatic carbocycles. The molecule has 0 aliphatic carbocycles. The Hall–Kier alpha value is -4.64. The van der Waals surface area contributed by atoms with E-state index in [1.807, 2.05) is 48.5 Å². The monoisotopic (exact) mass is 517 g/mol. The summed E-state index contributed by atoms with van der Waals surface area (Å²) in [5.41, 5.74) is 1.27. The molecular weight excluding hydrogens is 486 g/mol. The van der Waals surface area contributed by atoms with Crippen molar-refractivity contribution < 1.29 is 19.8 Å². The number of rotatable bonds is 9. The number of carbonyl (C=O) groups excluding carboxylic acids is 1. The number of fused-ring (bicyclic) bond motifs is 2. The average molecular weight is 518 g/mol. The van der Waals surface area contributed by atoms with Crippen molar-refractivity contribution >= 4 is 33.4 Å². The van der Waals surface area contributed by atoms with E-state index in [1.54, 1.807) is 12.1 Å². The number of aromatic hydroxyl groups is 1. The van der Waals surface area contributed by atoms with Gasteiger partial charge in [0.2, 0.25) is 5.91 Å². The van der Waals surface area contributed by atoms with E-state index in [-0.39, 0.29) is 18.1 Å². The van der Waals surface area contributed by atoms with E-state index in [9.17, 15) is 19.8 Å². The van der Waals surface area contributed by atoms with Crippen LogP contribution >= 0.6 is 0 Å². The van der Waals surface area contributed by atoms with Crippen molar-refractivity contribution in [2.24, 2.45) is 5.92 Å². The summed E-state index contributed by atoms with van der Waals surface area (Å²) in [4.78, 5) is 26.4. The molecule has 0 saturated carbocycles. The lowest BCUT2D eigenvalue weighted by Gasteiger charge is -2.29. The second-order valence-electron chi connectivity index (χ2n) is 10.4. The summed E-state index contributed by atoms with van der Waals surface area (Å²) in [6.45, 7) is 1.53. The topological polar surface area (TPSA) is 86.6 Å². The first kappa shape index (κ1) is 26.0. The lowest BCUT2D eigenvalue weighted by molar-refractivity contribution is -0.147. The Morgan fingerprint density at radius 3 is 1.72 bits per heavy atom. The maximum absolute atomic E-state index is 14.0. The fraction of sp³-hybridized carbons (Fsp3) is 0.176. The van der Waals surface area contributed by atoms with E-state index in [1.165, 1.54) is 19.1 Å². The molecule has 0 aliphatic rings. The van der Waals surface area contributed by atoms with Gasteiger partial charge in [-0.25, -0.2) is 4.79 Å². The van der Waals surface area contributed by atoms with Crippen LogP contribution in [0.1, 0.15) is 23.6 Å². The summed E-state index contributed by atoms with van der Waals surface area (Å²) in [6, 6.07) is 34.8. The van der Waals surface area contributed by atoms with Crippen LogP contribution in [0.3, 0.4) is 0 Å². The first-order chi connectivity index (χ1) is 18.8. The minimum atomic E-state index is -1.52. The summed E-state index contributed by atoms with van der Waals surface area (Å²) in [5, 5.41) is 27.1. The Labute approximate surface area is 227 Å². The zero-order valence-corrected chi connectivity index (χ0v) is 21.8. The molecule has 0 aromatic heterocycles. The SMILES string of the molecule is CC(Cc1ccc(O)cc1)(NC(=O)C(Cc1cccc2ccccc12)Cc1cccc2ccccc12)C(=O)O. The van der Waals surface area contributed by atoms with Gasteiger partial charge in [0.25, 0.3) is 0 Å². The van der Waals surface area contributed by atoms with Crippen molar-refractivity contribution in [2.45, 2.75) is 31.7 Å². The zero-order chi connectivity index (χ0) is 27.4. The van der Waals surface area contributed by atoms with Gasteiger partial charge in [-0.2, -0.15) is 0 Å². The largest absolute Gasteiger partial charge is 0.508 e. The van der Waals surface area contributed by atoms with Crippen molar-refractivity contribution in [3.05, 3.63) is 126 Å². The highest BCUT2D eigenvalue weighted by atomic mass is 16.4. The molecule has 0 heterocycles. The third-order valence-electron chi connectivity index (χ3n) is 7.43. The molecule has 5 aromatic rings. The number of hydrogen-bond acceptors (Lipinski definition) is 3. The Balaban J connectivity index is 1.50. The summed E-state index contributed by atoms with van der Waals surface area (Å²) in [5.74, 6) is -1.82. The molecule has 39 heavy (non-hydrogen) atoms. The predicted octanol–water partition coefficient (Wildman–Crippen LogP) is 6.30. The van der Waals surface area contributed by atoms with E-state index < -0.39 is 17.4 Å². The molecule has 0 spiro atoms. The summed E-state index contributed by atoms with van der Waals surface area (Å²) < 4.78 is 0. The Morgan fingerprint density at radius 2 is 1.21 bits per heavy atom. The number of carboxylic acids is 1. The minimum Gasteiger partial charge on any atom is -0.508 e. The van der Waals surface area contributed by atoms with Gasteiger partial charge in [-0.05, 0) is 70.1 Å². The highest BCUT2D eigenvalue weighted by Gasteiger charge is 2.37. The number of aliphatic carboxylic acids is 1.